The van der Waals surface area contributed by atoms with Gasteiger partial charge in [0.05, 0.1) is 23.3 Å². The number of fused-ring (bicyclic) bond motifs is 1. The number of aromatic nitrogens is 1. The Morgan fingerprint density at radius 2 is 2.22 bits per heavy atom. The van der Waals surface area contributed by atoms with Crippen LogP contribution in [0.4, 0.5) is 0 Å². The molecule has 0 aliphatic heterocycles. The molecule has 2 rings (SSSR count). The summed E-state index contributed by atoms with van der Waals surface area (Å²) in [5.74, 6) is -0.467. The Balaban J connectivity index is 2.83. The molecule has 0 saturated carbocycles. The third-order valence-electron chi connectivity index (χ3n) is 2.67. The van der Waals surface area contributed by atoms with Crippen LogP contribution in [0.15, 0.2) is 18.2 Å². The number of carbonyl (C=O) groups is 1. The normalized spacial score (nSPS) is 10.7. The van der Waals surface area contributed by atoms with Gasteiger partial charge < -0.3 is 4.74 Å². The summed E-state index contributed by atoms with van der Waals surface area (Å²) in [5, 5.41) is 1.60. The molecule has 0 unspecified atom stereocenters. The van der Waals surface area contributed by atoms with E-state index < -0.39 is 5.97 Å². The molecule has 5 heteroatoms. The van der Waals surface area contributed by atoms with E-state index in [4.69, 9.17) is 16.3 Å². The average molecular weight is 329 g/mol. The highest BCUT2D eigenvalue weighted by Crippen LogP contribution is 2.30. The molecule has 0 radical (unpaired) electrons. The van der Waals surface area contributed by atoms with Gasteiger partial charge in [-0.3, -0.25) is 4.98 Å². The van der Waals surface area contributed by atoms with Crippen LogP contribution in [-0.2, 0) is 10.1 Å². The first-order valence-corrected chi connectivity index (χ1v) is 6.81. The molecule has 0 amide bonds. The summed E-state index contributed by atoms with van der Waals surface area (Å²) < 4.78 is 4.75. The molecule has 1 heterocycles. The van der Waals surface area contributed by atoms with Crippen molar-refractivity contribution in [3.8, 4) is 0 Å². The average Bonchev–Trinajstić information content (AvgIpc) is 2.38. The maximum absolute atomic E-state index is 11.8. The Morgan fingerprint density at radius 1 is 1.50 bits per heavy atom. The number of hydrogen-bond donors (Lipinski definition) is 0. The fourth-order valence-electron chi connectivity index (χ4n) is 1.79. The first-order valence-electron chi connectivity index (χ1n) is 5.31. The highest BCUT2D eigenvalue weighted by atomic mass is 79.9. The molecule has 0 atom stereocenters. The number of pyridine rings is 1. The van der Waals surface area contributed by atoms with Crippen LogP contribution < -0.4 is 0 Å². The quantitative estimate of drug-likeness (QED) is 0.620. The summed E-state index contributed by atoms with van der Waals surface area (Å²) in [4.78, 5) is 16.2. The fourth-order valence-corrected chi connectivity index (χ4v) is 2.54. The van der Waals surface area contributed by atoms with Gasteiger partial charge in [-0.05, 0) is 19.1 Å². The third-order valence-corrected chi connectivity index (χ3v) is 3.59. The van der Waals surface area contributed by atoms with Gasteiger partial charge in [0.15, 0.2) is 0 Å². The molecule has 3 nitrogen and oxygen atoms in total. The van der Waals surface area contributed by atoms with Crippen molar-refractivity contribution in [3.63, 3.8) is 0 Å². The number of alkyl halides is 1. The third kappa shape index (κ3) is 2.22. The first-order chi connectivity index (χ1) is 8.58. The molecule has 1 aromatic carbocycles. The number of carbonyl (C=O) groups excluding carboxylic acids is 1. The van der Waals surface area contributed by atoms with E-state index in [0.29, 0.717) is 21.6 Å². The minimum Gasteiger partial charge on any atom is -0.465 e. The van der Waals surface area contributed by atoms with E-state index in [1.807, 2.05) is 25.1 Å². The van der Waals surface area contributed by atoms with E-state index in [0.717, 1.165) is 16.5 Å². The Hall–Kier alpha value is -1.13. The van der Waals surface area contributed by atoms with Gasteiger partial charge in [-0.15, -0.1) is 0 Å². The van der Waals surface area contributed by atoms with Crippen LogP contribution in [0.1, 0.15) is 21.6 Å². The number of hydrogen-bond acceptors (Lipinski definition) is 3. The van der Waals surface area contributed by atoms with E-state index >= 15 is 0 Å². The van der Waals surface area contributed by atoms with Crippen molar-refractivity contribution in [2.75, 3.05) is 7.11 Å². The molecular formula is C13H11BrClNO2. The topological polar surface area (TPSA) is 39.2 Å². The lowest BCUT2D eigenvalue weighted by Gasteiger charge is -2.10. The molecular weight excluding hydrogens is 318 g/mol. The molecule has 0 bridgehead atoms. The van der Waals surface area contributed by atoms with E-state index in [2.05, 4.69) is 20.9 Å². The van der Waals surface area contributed by atoms with E-state index in [-0.39, 0.29) is 0 Å². The Kier molecular flexibility index (Phi) is 3.88. The van der Waals surface area contributed by atoms with Crippen molar-refractivity contribution in [3.05, 3.63) is 40.0 Å². The number of benzene rings is 1. The Labute approximate surface area is 118 Å². The molecule has 0 spiro atoms. The van der Waals surface area contributed by atoms with Crippen molar-refractivity contribution in [1.82, 2.24) is 4.98 Å². The number of esters is 1. The summed E-state index contributed by atoms with van der Waals surface area (Å²) in [5.41, 5.74) is 2.75. The summed E-state index contributed by atoms with van der Waals surface area (Å²) in [6, 6.07) is 5.76. The van der Waals surface area contributed by atoms with Gasteiger partial charge in [-0.2, -0.15) is 0 Å². The number of aryl methyl sites for hydroxylation is 1. The second-order valence-corrected chi connectivity index (χ2v) is 4.83. The van der Waals surface area contributed by atoms with Gasteiger partial charge in [0.1, 0.15) is 5.56 Å². The molecule has 0 fully saturated rings. The summed E-state index contributed by atoms with van der Waals surface area (Å²) in [6.45, 7) is 1.96. The lowest BCUT2D eigenvalue weighted by molar-refractivity contribution is 0.0599. The van der Waals surface area contributed by atoms with Gasteiger partial charge in [-0.1, -0.05) is 39.2 Å². The van der Waals surface area contributed by atoms with Crippen molar-refractivity contribution < 1.29 is 9.53 Å². The van der Waals surface area contributed by atoms with Gasteiger partial charge in [0, 0.05) is 10.7 Å². The van der Waals surface area contributed by atoms with Crippen LogP contribution in [-0.4, -0.2) is 18.1 Å². The van der Waals surface area contributed by atoms with E-state index in [1.165, 1.54) is 7.11 Å². The molecule has 1 aromatic heterocycles. The lowest BCUT2D eigenvalue weighted by Crippen LogP contribution is -2.08. The van der Waals surface area contributed by atoms with Gasteiger partial charge in [-0.25, -0.2) is 4.79 Å². The Bertz CT molecular complexity index is 628. The number of methoxy groups -OCH3 is 1. The molecule has 0 aliphatic carbocycles. The predicted octanol–water partition coefficient (Wildman–Crippen LogP) is 3.88. The second-order valence-electron chi connectivity index (χ2n) is 3.89. The number of ether oxygens (including phenoxy) is 1. The highest BCUT2D eigenvalue weighted by molar-refractivity contribution is 9.08. The summed E-state index contributed by atoms with van der Waals surface area (Å²) in [7, 11) is 1.33. The van der Waals surface area contributed by atoms with E-state index in [9.17, 15) is 4.79 Å². The number of rotatable bonds is 2. The van der Waals surface area contributed by atoms with Crippen LogP contribution in [0, 0.1) is 6.92 Å². The monoisotopic (exact) mass is 327 g/mol. The largest absolute Gasteiger partial charge is 0.465 e. The zero-order valence-electron chi connectivity index (χ0n) is 9.96. The summed E-state index contributed by atoms with van der Waals surface area (Å²) in [6.07, 6.45) is 0. The van der Waals surface area contributed by atoms with E-state index in [1.54, 1.807) is 0 Å². The van der Waals surface area contributed by atoms with Crippen molar-refractivity contribution in [2.24, 2.45) is 0 Å². The van der Waals surface area contributed by atoms with Crippen LogP contribution in [0.3, 0.4) is 0 Å². The molecule has 2 aromatic rings. The zero-order valence-corrected chi connectivity index (χ0v) is 12.3. The molecule has 0 aliphatic rings. The van der Waals surface area contributed by atoms with Crippen LogP contribution in [0.25, 0.3) is 10.9 Å². The molecule has 94 valence electrons. The smallest absolute Gasteiger partial charge is 0.341 e. The summed E-state index contributed by atoms with van der Waals surface area (Å²) >= 11 is 9.62. The molecule has 0 N–H and O–H groups in total. The van der Waals surface area contributed by atoms with Crippen molar-refractivity contribution >= 4 is 44.4 Å². The highest BCUT2D eigenvalue weighted by Gasteiger charge is 2.20. The minimum absolute atomic E-state index is 0.328. The van der Waals surface area contributed by atoms with Crippen LogP contribution >= 0.6 is 27.5 Å². The van der Waals surface area contributed by atoms with Crippen LogP contribution in [0.2, 0.25) is 5.02 Å². The van der Waals surface area contributed by atoms with Gasteiger partial charge in [0.25, 0.3) is 0 Å². The fraction of sp³-hybridized carbons (Fsp3) is 0.231. The second kappa shape index (κ2) is 5.24. The maximum atomic E-state index is 11.8. The van der Waals surface area contributed by atoms with Crippen LogP contribution in [0.5, 0.6) is 0 Å². The standard InChI is InChI=1S/C13H11BrClNO2/c1-7-3-4-9-8(5-7)12(15)11(13(17)18-2)10(6-14)16-9/h3-5H,6H2,1-2H3. The molecule has 0 saturated heterocycles. The number of nitrogens with zero attached hydrogens (tertiary/aromatic N) is 1. The first kappa shape index (κ1) is 13.3. The number of halogens is 2. The Morgan fingerprint density at radius 3 is 2.83 bits per heavy atom. The SMILES string of the molecule is COC(=O)c1c(CBr)nc2ccc(C)cc2c1Cl. The van der Waals surface area contributed by atoms with Crippen molar-refractivity contribution in [1.29, 1.82) is 0 Å². The van der Waals surface area contributed by atoms with Gasteiger partial charge >= 0.3 is 5.97 Å². The predicted molar refractivity (Wildman–Crippen MR) is 75.5 cm³/mol. The minimum atomic E-state index is -0.467. The molecule has 18 heavy (non-hydrogen) atoms. The van der Waals surface area contributed by atoms with Gasteiger partial charge in [0.2, 0.25) is 0 Å². The maximum Gasteiger partial charge on any atom is 0.341 e. The van der Waals surface area contributed by atoms with Crippen molar-refractivity contribution in [2.45, 2.75) is 12.3 Å². The zero-order chi connectivity index (χ0) is 13.3. The lowest BCUT2D eigenvalue weighted by atomic mass is 10.1.